The van der Waals surface area contributed by atoms with Crippen molar-refractivity contribution in [3.63, 3.8) is 0 Å². The Kier molecular flexibility index (Phi) is 2.74. The van der Waals surface area contributed by atoms with Gasteiger partial charge in [0.05, 0.1) is 6.61 Å². The van der Waals surface area contributed by atoms with Gasteiger partial charge < -0.3 is 29.5 Å². The second kappa shape index (κ2) is 3.73. The second-order valence-electron chi connectivity index (χ2n) is 3.51. The van der Waals surface area contributed by atoms with Gasteiger partial charge in [-0.2, -0.15) is 0 Å². The lowest BCUT2D eigenvalue weighted by molar-refractivity contribution is -0.252. The fraction of sp³-hybridized carbons (Fsp3) is 1.00. The van der Waals surface area contributed by atoms with Crippen LogP contribution >= 0.6 is 0 Å². The van der Waals surface area contributed by atoms with E-state index >= 15 is 0 Å². The number of hydrogen-bond acceptors (Lipinski definition) is 6. The number of rotatable bonds is 1. The smallest absolute Gasteiger partial charge is 0.190 e. The van der Waals surface area contributed by atoms with Crippen LogP contribution in [0.1, 0.15) is 6.92 Å². The highest BCUT2D eigenvalue weighted by Crippen LogP contribution is 2.30. The van der Waals surface area contributed by atoms with E-state index < -0.39 is 37.0 Å². The molecule has 0 amide bonds. The zero-order chi connectivity index (χ0) is 10.3. The van der Waals surface area contributed by atoms with Crippen molar-refractivity contribution in [2.24, 2.45) is 0 Å². The van der Waals surface area contributed by atoms with E-state index in [4.69, 9.17) is 19.3 Å². The normalized spacial score (nSPS) is 53.1. The van der Waals surface area contributed by atoms with Crippen LogP contribution in [0, 0.1) is 0 Å². The van der Waals surface area contributed by atoms with E-state index in [1.165, 1.54) is 0 Å². The quantitative estimate of drug-likeness (QED) is 0.468. The minimum Gasteiger partial charge on any atom is -0.394 e. The summed E-state index contributed by atoms with van der Waals surface area (Å²) in [5.41, 5.74) is 0. The highest BCUT2D eigenvalue weighted by atomic mass is 16.8. The SMILES string of the molecule is CC1OC2OC(CO)C(O)C(O)C2O1. The maximum atomic E-state index is 9.62. The lowest BCUT2D eigenvalue weighted by Gasteiger charge is -2.36. The monoisotopic (exact) mass is 206 g/mol. The van der Waals surface area contributed by atoms with Crippen LogP contribution in [0.3, 0.4) is 0 Å². The number of aliphatic hydroxyl groups excluding tert-OH is 3. The topological polar surface area (TPSA) is 88.4 Å². The standard InChI is InChI=1S/C8H14O6/c1-3-12-7-6(11)5(10)4(2-9)14-8(7)13-3/h3-11H,2H2,1H3. The molecule has 0 spiro atoms. The summed E-state index contributed by atoms with van der Waals surface area (Å²) in [5.74, 6) is 0. The molecular formula is C8H14O6. The molecule has 0 saturated carbocycles. The highest BCUT2D eigenvalue weighted by Gasteiger charge is 2.50. The van der Waals surface area contributed by atoms with Gasteiger partial charge in [-0.15, -0.1) is 0 Å². The predicted molar refractivity (Wildman–Crippen MR) is 43.2 cm³/mol. The highest BCUT2D eigenvalue weighted by molar-refractivity contribution is 4.91. The lowest BCUT2D eigenvalue weighted by Crippen LogP contribution is -2.57. The molecule has 0 aliphatic carbocycles. The van der Waals surface area contributed by atoms with Crippen molar-refractivity contribution in [2.45, 2.75) is 43.9 Å². The van der Waals surface area contributed by atoms with Gasteiger partial charge in [0.2, 0.25) is 0 Å². The van der Waals surface area contributed by atoms with Crippen LogP contribution in [-0.2, 0) is 14.2 Å². The molecule has 0 aromatic carbocycles. The Balaban J connectivity index is 2.09. The molecule has 6 nitrogen and oxygen atoms in total. The Morgan fingerprint density at radius 3 is 2.43 bits per heavy atom. The summed E-state index contributed by atoms with van der Waals surface area (Å²) < 4.78 is 15.6. The summed E-state index contributed by atoms with van der Waals surface area (Å²) in [7, 11) is 0. The molecule has 6 unspecified atom stereocenters. The largest absolute Gasteiger partial charge is 0.394 e. The van der Waals surface area contributed by atoms with Crippen LogP contribution in [0.25, 0.3) is 0 Å². The molecule has 0 bridgehead atoms. The van der Waals surface area contributed by atoms with Crippen molar-refractivity contribution in [3.05, 3.63) is 0 Å². The number of hydrogen-bond donors (Lipinski definition) is 3. The average Bonchev–Trinajstić information content (AvgIpc) is 2.52. The minimum absolute atomic E-state index is 0.362. The molecule has 2 heterocycles. The summed E-state index contributed by atoms with van der Waals surface area (Å²) in [6, 6.07) is 0. The van der Waals surface area contributed by atoms with E-state index in [1.807, 2.05) is 0 Å². The van der Waals surface area contributed by atoms with Crippen LogP contribution in [0.5, 0.6) is 0 Å². The molecule has 2 fully saturated rings. The fourth-order valence-electron chi connectivity index (χ4n) is 1.75. The molecule has 3 N–H and O–H groups in total. The van der Waals surface area contributed by atoms with Gasteiger partial charge in [0, 0.05) is 0 Å². The minimum atomic E-state index is -1.14. The van der Waals surface area contributed by atoms with Gasteiger partial charge in [-0.3, -0.25) is 0 Å². The lowest BCUT2D eigenvalue weighted by atomic mass is 9.99. The van der Waals surface area contributed by atoms with Gasteiger partial charge in [0.25, 0.3) is 0 Å². The molecule has 2 aliphatic heterocycles. The van der Waals surface area contributed by atoms with E-state index in [2.05, 4.69) is 0 Å². The van der Waals surface area contributed by atoms with Crippen molar-refractivity contribution in [1.29, 1.82) is 0 Å². The first kappa shape index (κ1) is 10.3. The first-order valence-electron chi connectivity index (χ1n) is 4.57. The molecule has 0 aromatic rings. The maximum Gasteiger partial charge on any atom is 0.190 e. The van der Waals surface area contributed by atoms with Gasteiger partial charge in [-0.1, -0.05) is 0 Å². The summed E-state index contributed by atoms with van der Waals surface area (Å²) in [6.45, 7) is 1.31. The zero-order valence-electron chi connectivity index (χ0n) is 7.74. The van der Waals surface area contributed by atoms with Crippen molar-refractivity contribution in [3.8, 4) is 0 Å². The molecule has 0 aromatic heterocycles. The number of ether oxygens (including phenoxy) is 3. The molecule has 6 atom stereocenters. The summed E-state index contributed by atoms with van der Waals surface area (Å²) >= 11 is 0. The van der Waals surface area contributed by atoms with Crippen LogP contribution in [0.2, 0.25) is 0 Å². The maximum absolute atomic E-state index is 9.62. The van der Waals surface area contributed by atoms with Gasteiger partial charge in [0.1, 0.15) is 24.4 Å². The molecular weight excluding hydrogens is 192 g/mol. The van der Waals surface area contributed by atoms with Crippen molar-refractivity contribution in [2.75, 3.05) is 6.61 Å². The van der Waals surface area contributed by atoms with E-state index in [1.54, 1.807) is 6.92 Å². The first-order chi connectivity index (χ1) is 6.63. The Bertz CT molecular complexity index is 208. The molecule has 2 rings (SSSR count). The van der Waals surface area contributed by atoms with Crippen LogP contribution < -0.4 is 0 Å². The Hall–Kier alpha value is -0.240. The van der Waals surface area contributed by atoms with Gasteiger partial charge in [-0.25, -0.2) is 0 Å². The van der Waals surface area contributed by atoms with E-state index in [0.29, 0.717) is 0 Å². The molecule has 2 saturated heterocycles. The van der Waals surface area contributed by atoms with Gasteiger partial charge >= 0.3 is 0 Å². The third-order valence-electron chi connectivity index (χ3n) is 2.50. The molecule has 82 valence electrons. The first-order valence-corrected chi connectivity index (χ1v) is 4.57. The van der Waals surface area contributed by atoms with Crippen molar-refractivity contribution in [1.82, 2.24) is 0 Å². The molecule has 6 heteroatoms. The van der Waals surface area contributed by atoms with Gasteiger partial charge in [-0.05, 0) is 6.92 Å². The van der Waals surface area contributed by atoms with E-state index in [-0.39, 0.29) is 6.61 Å². The van der Waals surface area contributed by atoms with Crippen LogP contribution in [0.4, 0.5) is 0 Å². The predicted octanol–water partition coefficient (Wildman–Crippen LogP) is -1.81. The third-order valence-corrected chi connectivity index (χ3v) is 2.50. The third kappa shape index (κ3) is 1.54. The van der Waals surface area contributed by atoms with Crippen molar-refractivity contribution >= 4 is 0 Å². The molecule has 0 radical (unpaired) electrons. The average molecular weight is 206 g/mol. The molecule has 14 heavy (non-hydrogen) atoms. The Morgan fingerprint density at radius 1 is 1.07 bits per heavy atom. The number of aliphatic hydroxyl groups is 3. The van der Waals surface area contributed by atoms with E-state index in [0.717, 1.165) is 0 Å². The second-order valence-corrected chi connectivity index (χ2v) is 3.51. The summed E-state index contributed by atoms with van der Waals surface area (Å²) in [4.78, 5) is 0. The van der Waals surface area contributed by atoms with Crippen LogP contribution in [-0.4, -0.2) is 58.9 Å². The summed E-state index contributed by atoms with van der Waals surface area (Å²) in [5, 5.41) is 28.0. The Morgan fingerprint density at radius 2 is 1.79 bits per heavy atom. The zero-order valence-corrected chi connectivity index (χ0v) is 7.74. The van der Waals surface area contributed by atoms with Crippen LogP contribution in [0.15, 0.2) is 0 Å². The summed E-state index contributed by atoms with van der Waals surface area (Å²) in [6.07, 6.45) is -4.90. The van der Waals surface area contributed by atoms with Crippen molar-refractivity contribution < 1.29 is 29.5 Å². The Labute approximate surface area is 81.0 Å². The van der Waals surface area contributed by atoms with E-state index in [9.17, 15) is 10.2 Å². The molecule has 2 aliphatic rings. The fourth-order valence-corrected chi connectivity index (χ4v) is 1.75. The number of fused-ring (bicyclic) bond motifs is 1. The van der Waals surface area contributed by atoms with Gasteiger partial charge in [0.15, 0.2) is 12.6 Å².